The summed E-state index contributed by atoms with van der Waals surface area (Å²) in [6.45, 7) is 0. The van der Waals surface area contributed by atoms with Crippen LogP contribution in [0.15, 0.2) is 154 Å². The Labute approximate surface area is 247 Å². The van der Waals surface area contributed by atoms with E-state index >= 15 is 0 Å². The lowest BCUT2D eigenvalue weighted by Gasteiger charge is -2.25. The third kappa shape index (κ3) is 3.74. The Morgan fingerprint density at radius 1 is 0.419 bits per heavy atom. The number of benzene rings is 7. The topological polar surface area (TPSA) is 42.4 Å². The van der Waals surface area contributed by atoms with Gasteiger partial charge in [0.05, 0.1) is 0 Å². The Morgan fingerprint density at radius 2 is 1.00 bits per heavy atom. The normalized spacial score (nSPS) is 11.7. The number of anilines is 3. The molecule has 0 amide bonds. The molecule has 7 aromatic carbocycles. The summed E-state index contributed by atoms with van der Waals surface area (Å²) in [4.78, 5) is 7.25. The molecule has 2 heterocycles. The van der Waals surface area contributed by atoms with Crippen molar-refractivity contribution in [2.24, 2.45) is 0 Å². The van der Waals surface area contributed by atoms with Gasteiger partial charge in [-0.15, -0.1) is 0 Å². The smallest absolute Gasteiger partial charge is 0.227 e. The number of hydrogen-bond acceptors (Lipinski definition) is 4. The SMILES string of the molecule is c1ccc(N(c2ccc(-c3nc4c5ccccc5c5ccccc5c4o3)cc2)c2ccc3c(c2)oc2ccccc23)cc1. The van der Waals surface area contributed by atoms with Crippen LogP contribution in [0.4, 0.5) is 17.1 Å². The van der Waals surface area contributed by atoms with E-state index in [4.69, 9.17) is 13.8 Å². The Balaban J connectivity index is 1.17. The van der Waals surface area contributed by atoms with E-state index in [0.29, 0.717) is 5.89 Å². The lowest BCUT2D eigenvalue weighted by Crippen LogP contribution is -2.09. The summed E-state index contributed by atoms with van der Waals surface area (Å²) in [7, 11) is 0. The van der Waals surface area contributed by atoms with Crippen LogP contribution in [-0.4, -0.2) is 4.98 Å². The van der Waals surface area contributed by atoms with Crippen molar-refractivity contribution >= 4 is 71.6 Å². The van der Waals surface area contributed by atoms with Crippen LogP contribution in [-0.2, 0) is 0 Å². The Bertz CT molecular complexity index is 2380. The average Bonchev–Trinajstić information content (AvgIpc) is 3.68. The Kier molecular flexibility index (Phi) is 5.16. The first-order valence-corrected chi connectivity index (χ1v) is 14.4. The average molecular weight is 553 g/mol. The van der Waals surface area contributed by atoms with Gasteiger partial charge < -0.3 is 13.7 Å². The van der Waals surface area contributed by atoms with Crippen LogP contribution in [0.2, 0.25) is 0 Å². The number of fused-ring (bicyclic) bond motifs is 9. The maximum Gasteiger partial charge on any atom is 0.227 e. The van der Waals surface area contributed by atoms with Crippen LogP contribution in [0, 0.1) is 0 Å². The number of rotatable bonds is 4. The van der Waals surface area contributed by atoms with Gasteiger partial charge in [-0.1, -0.05) is 84.9 Å². The maximum absolute atomic E-state index is 6.49. The maximum atomic E-state index is 6.49. The summed E-state index contributed by atoms with van der Waals surface area (Å²) in [6, 6.07) is 50.2. The number of para-hydroxylation sites is 2. The van der Waals surface area contributed by atoms with Crippen molar-refractivity contribution in [2.75, 3.05) is 4.90 Å². The van der Waals surface area contributed by atoms with Gasteiger partial charge in [-0.3, -0.25) is 0 Å². The molecule has 0 saturated carbocycles. The molecule has 202 valence electrons. The predicted octanol–water partition coefficient (Wildman–Crippen LogP) is 11.2. The molecule has 0 bridgehead atoms. The molecule has 0 aliphatic carbocycles. The van der Waals surface area contributed by atoms with E-state index < -0.39 is 0 Å². The molecule has 0 saturated heterocycles. The fraction of sp³-hybridized carbons (Fsp3) is 0. The van der Waals surface area contributed by atoms with Crippen LogP contribution in [0.5, 0.6) is 0 Å². The summed E-state index contributed by atoms with van der Waals surface area (Å²) in [5.41, 5.74) is 7.49. The van der Waals surface area contributed by atoms with Crippen LogP contribution >= 0.6 is 0 Å². The van der Waals surface area contributed by atoms with E-state index in [0.717, 1.165) is 66.4 Å². The van der Waals surface area contributed by atoms with Crippen LogP contribution < -0.4 is 4.90 Å². The summed E-state index contributed by atoms with van der Waals surface area (Å²) in [6.07, 6.45) is 0. The van der Waals surface area contributed by atoms with Crippen molar-refractivity contribution in [3.8, 4) is 11.5 Å². The second-order valence-electron chi connectivity index (χ2n) is 10.8. The van der Waals surface area contributed by atoms with Gasteiger partial charge in [0.15, 0.2) is 5.58 Å². The van der Waals surface area contributed by atoms with E-state index in [2.05, 4.69) is 120 Å². The molecule has 0 aliphatic rings. The number of furan rings is 1. The highest BCUT2D eigenvalue weighted by molar-refractivity contribution is 6.22. The lowest BCUT2D eigenvalue weighted by molar-refractivity contribution is 0.623. The van der Waals surface area contributed by atoms with E-state index in [9.17, 15) is 0 Å². The Morgan fingerprint density at radius 3 is 1.79 bits per heavy atom. The molecule has 0 N–H and O–H groups in total. The molecule has 0 aliphatic heterocycles. The molecule has 9 aromatic rings. The van der Waals surface area contributed by atoms with Gasteiger partial charge in [0.25, 0.3) is 0 Å². The highest BCUT2D eigenvalue weighted by atomic mass is 16.3. The molecule has 0 spiro atoms. The molecule has 2 aromatic heterocycles. The predicted molar refractivity (Wildman–Crippen MR) is 176 cm³/mol. The molecule has 0 atom stereocenters. The summed E-state index contributed by atoms with van der Waals surface area (Å²) < 4.78 is 12.7. The monoisotopic (exact) mass is 552 g/mol. The molecular weight excluding hydrogens is 528 g/mol. The summed E-state index contributed by atoms with van der Waals surface area (Å²) in [5, 5.41) is 6.75. The van der Waals surface area contributed by atoms with Crippen LogP contribution in [0.3, 0.4) is 0 Å². The molecular formula is C39H24N2O2. The summed E-state index contributed by atoms with van der Waals surface area (Å²) in [5.74, 6) is 0.609. The van der Waals surface area contributed by atoms with E-state index in [1.807, 2.05) is 30.3 Å². The van der Waals surface area contributed by atoms with Crippen molar-refractivity contribution in [3.05, 3.63) is 146 Å². The quantitative estimate of drug-likeness (QED) is 0.204. The highest BCUT2D eigenvalue weighted by Gasteiger charge is 2.18. The zero-order valence-electron chi connectivity index (χ0n) is 23.1. The molecule has 0 fully saturated rings. The van der Waals surface area contributed by atoms with Gasteiger partial charge in [0.2, 0.25) is 5.89 Å². The van der Waals surface area contributed by atoms with Crippen molar-refractivity contribution in [1.82, 2.24) is 4.98 Å². The molecule has 4 nitrogen and oxygen atoms in total. The number of nitrogens with zero attached hydrogens (tertiary/aromatic N) is 2. The van der Waals surface area contributed by atoms with Gasteiger partial charge in [0.1, 0.15) is 16.7 Å². The first kappa shape index (κ1) is 23.8. The minimum Gasteiger partial charge on any atom is -0.456 e. The van der Waals surface area contributed by atoms with Gasteiger partial charge in [-0.25, -0.2) is 4.98 Å². The van der Waals surface area contributed by atoms with Crippen LogP contribution in [0.1, 0.15) is 0 Å². The zero-order chi connectivity index (χ0) is 28.3. The van der Waals surface area contributed by atoms with Crippen molar-refractivity contribution in [1.29, 1.82) is 0 Å². The molecule has 0 unspecified atom stereocenters. The summed E-state index contributed by atoms with van der Waals surface area (Å²) >= 11 is 0. The number of hydrogen-bond donors (Lipinski definition) is 0. The van der Waals surface area contributed by atoms with E-state index in [1.54, 1.807) is 0 Å². The first-order chi connectivity index (χ1) is 21.3. The van der Waals surface area contributed by atoms with Crippen LogP contribution in [0.25, 0.3) is 66.0 Å². The Hall–Kier alpha value is -5.87. The third-order valence-corrected chi connectivity index (χ3v) is 8.28. The standard InChI is InChI=1S/C39H24N2O2/c1-2-10-26(11-3-1)41(28-22-23-32-31-14-8-9-17-35(31)42-36(32)24-28)27-20-18-25(19-21-27)39-40-37-33-15-6-4-12-29(33)30-13-5-7-16-34(30)38(37)43-39/h1-24H. The second-order valence-corrected chi connectivity index (χ2v) is 10.8. The molecule has 9 rings (SSSR count). The highest BCUT2D eigenvalue weighted by Crippen LogP contribution is 2.40. The fourth-order valence-electron chi connectivity index (χ4n) is 6.28. The molecule has 43 heavy (non-hydrogen) atoms. The van der Waals surface area contributed by atoms with Gasteiger partial charge in [-0.05, 0) is 65.4 Å². The van der Waals surface area contributed by atoms with Gasteiger partial charge in [-0.2, -0.15) is 0 Å². The van der Waals surface area contributed by atoms with Crippen molar-refractivity contribution < 1.29 is 8.83 Å². The van der Waals surface area contributed by atoms with E-state index in [-0.39, 0.29) is 0 Å². The van der Waals surface area contributed by atoms with Gasteiger partial charge >= 0.3 is 0 Å². The lowest BCUT2D eigenvalue weighted by atomic mass is 10.0. The second kappa shape index (κ2) is 9.33. The van der Waals surface area contributed by atoms with Crippen molar-refractivity contribution in [2.45, 2.75) is 0 Å². The molecule has 0 radical (unpaired) electrons. The van der Waals surface area contributed by atoms with E-state index in [1.165, 1.54) is 10.8 Å². The minimum absolute atomic E-state index is 0.609. The van der Waals surface area contributed by atoms with Gasteiger partial charge in [0, 0.05) is 50.2 Å². The third-order valence-electron chi connectivity index (χ3n) is 8.28. The largest absolute Gasteiger partial charge is 0.456 e. The number of aromatic nitrogens is 1. The number of oxazole rings is 1. The molecule has 4 heteroatoms. The minimum atomic E-state index is 0.609. The van der Waals surface area contributed by atoms with Crippen molar-refractivity contribution in [3.63, 3.8) is 0 Å². The first-order valence-electron chi connectivity index (χ1n) is 14.4. The zero-order valence-corrected chi connectivity index (χ0v) is 23.1. The fourth-order valence-corrected chi connectivity index (χ4v) is 6.28.